The lowest BCUT2D eigenvalue weighted by atomic mass is 9.77. The number of hydrogen-bond donors (Lipinski definition) is 1. The molecule has 2 aromatic carbocycles. The minimum atomic E-state index is -4.37. The molecule has 1 saturated heterocycles. The van der Waals surface area contributed by atoms with Crippen molar-refractivity contribution in [2.45, 2.75) is 64.6 Å². The van der Waals surface area contributed by atoms with Crippen LogP contribution in [0.25, 0.3) is 0 Å². The maximum Gasteiger partial charge on any atom is 0.416 e. The van der Waals surface area contributed by atoms with E-state index in [2.05, 4.69) is 46.4 Å². The Bertz CT molecular complexity index is 897. The molecule has 0 aromatic heterocycles. The van der Waals surface area contributed by atoms with Crippen LogP contribution in [-0.4, -0.2) is 36.3 Å². The number of morpholine rings is 1. The van der Waals surface area contributed by atoms with Crippen molar-refractivity contribution in [3.63, 3.8) is 0 Å². The number of nitrogens with zero attached hydrogens (tertiary/aromatic N) is 1. The fourth-order valence-electron chi connectivity index (χ4n) is 4.26. The summed E-state index contributed by atoms with van der Waals surface area (Å²) in [6.07, 6.45) is -4.37. The molecule has 0 radical (unpaired) electrons. The number of rotatable bonds is 3. The molecule has 176 valence electrons. The monoisotopic (exact) mass is 449 g/mol. The highest BCUT2D eigenvalue weighted by Crippen LogP contribution is 2.43. The number of phenols is 1. The Morgan fingerprint density at radius 3 is 1.69 bits per heavy atom. The van der Waals surface area contributed by atoms with Gasteiger partial charge in [0.2, 0.25) is 0 Å². The van der Waals surface area contributed by atoms with Gasteiger partial charge in [-0.25, -0.2) is 0 Å². The highest BCUT2D eigenvalue weighted by Gasteiger charge is 2.33. The maximum atomic E-state index is 13.2. The third-order valence-electron chi connectivity index (χ3n) is 6.03. The van der Waals surface area contributed by atoms with Crippen molar-refractivity contribution in [3.05, 3.63) is 64.2 Å². The number of aromatic hydroxyl groups is 1. The lowest BCUT2D eigenvalue weighted by molar-refractivity contribution is -0.137. The van der Waals surface area contributed by atoms with Gasteiger partial charge in [0.15, 0.2) is 0 Å². The van der Waals surface area contributed by atoms with Gasteiger partial charge in [0.05, 0.1) is 24.8 Å². The van der Waals surface area contributed by atoms with Crippen LogP contribution in [0.2, 0.25) is 0 Å². The molecule has 1 fully saturated rings. The molecular formula is C26H34F3NO2. The molecule has 0 unspecified atom stereocenters. The summed E-state index contributed by atoms with van der Waals surface area (Å²) in [5, 5.41) is 11.1. The molecular weight excluding hydrogens is 415 g/mol. The zero-order valence-electron chi connectivity index (χ0n) is 19.8. The Morgan fingerprint density at radius 1 is 0.812 bits per heavy atom. The molecule has 1 N–H and O–H groups in total. The van der Waals surface area contributed by atoms with Gasteiger partial charge < -0.3 is 9.84 Å². The van der Waals surface area contributed by atoms with Crippen molar-refractivity contribution in [2.75, 3.05) is 26.3 Å². The Balaban J connectivity index is 2.21. The van der Waals surface area contributed by atoms with E-state index in [-0.39, 0.29) is 16.9 Å². The van der Waals surface area contributed by atoms with Crippen LogP contribution in [0.3, 0.4) is 0 Å². The topological polar surface area (TPSA) is 32.7 Å². The van der Waals surface area contributed by atoms with Crippen LogP contribution in [0.5, 0.6) is 5.75 Å². The van der Waals surface area contributed by atoms with E-state index in [0.29, 0.717) is 32.1 Å². The van der Waals surface area contributed by atoms with Crippen molar-refractivity contribution >= 4 is 0 Å². The fourth-order valence-corrected chi connectivity index (χ4v) is 4.26. The third-order valence-corrected chi connectivity index (χ3v) is 6.03. The number of ether oxygens (including phenoxy) is 1. The second-order valence-corrected chi connectivity index (χ2v) is 10.6. The van der Waals surface area contributed by atoms with Gasteiger partial charge in [0.1, 0.15) is 5.75 Å². The minimum Gasteiger partial charge on any atom is -0.507 e. The number of hydrogen-bond acceptors (Lipinski definition) is 3. The van der Waals surface area contributed by atoms with Crippen LogP contribution >= 0.6 is 0 Å². The smallest absolute Gasteiger partial charge is 0.416 e. The first-order chi connectivity index (χ1) is 14.7. The van der Waals surface area contributed by atoms with Gasteiger partial charge in [-0.3, -0.25) is 4.90 Å². The van der Waals surface area contributed by atoms with Crippen LogP contribution in [0.1, 0.15) is 75.4 Å². The van der Waals surface area contributed by atoms with Crippen molar-refractivity contribution in [2.24, 2.45) is 0 Å². The van der Waals surface area contributed by atoms with Crippen molar-refractivity contribution in [1.29, 1.82) is 0 Å². The van der Waals surface area contributed by atoms with Gasteiger partial charge in [-0.1, -0.05) is 53.7 Å². The molecule has 1 aliphatic rings. The number of phenolic OH excluding ortho intramolecular Hbond substituents is 1. The van der Waals surface area contributed by atoms with Crippen LogP contribution in [0.15, 0.2) is 36.4 Å². The van der Waals surface area contributed by atoms with E-state index in [1.54, 1.807) is 12.1 Å². The molecule has 0 saturated carbocycles. The molecule has 6 heteroatoms. The van der Waals surface area contributed by atoms with Gasteiger partial charge in [0, 0.05) is 13.1 Å². The third kappa shape index (κ3) is 5.29. The van der Waals surface area contributed by atoms with Gasteiger partial charge in [-0.2, -0.15) is 13.2 Å². The SMILES string of the molecule is CC(C)(C)c1cc([C@H](c2ccc(C(F)(F)F)cc2)N2CCOCC2)cc(C(C)(C)C)c1O. The van der Waals surface area contributed by atoms with Crippen molar-refractivity contribution in [1.82, 2.24) is 4.90 Å². The molecule has 1 heterocycles. The summed E-state index contributed by atoms with van der Waals surface area (Å²) >= 11 is 0. The highest BCUT2D eigenvalue weighted by atomic mass is 19.4. The van der Waals surface area contributed by atoms with E-state index in [4.69, 9.17) is 4.74 Å². The first kappa shape index (κ1) is 24.6. The average molecular weight is 450 g/mol. The largest absolute Gasteiger partial charge is 0.507 e. The van der Waals surface area contributed by atoms with Crippen LogP contribution in [0, 0.1) is 0 Å². The summed E-state index contributed by atoms with van der Waals surface area (Å²) in [6.45, 7) is 14.9. The summed E-state index contributed by atoms with van der Waals surface area (Å²) in [5.74, 6) is 0.293. The van der Waals surface area contributed by atoms with E-state index in [0.717, 1.165) is 34.4 Å². The van der Waals surface area contributed by atoms with Crippen molar-refractivity contribution in [3.8, 4) is 5.75 Å². The van der Waals surface area contributed by atoms with Gasteiger partial charge in [-0.05, 0) is 57.3 Å². The predicted molar refractivity (Wildman–Crippen MR) is 121 cm³/mol. The van der Waals surface area contributed by atoms with Crippen molar-refractivity contribution < 1.29 is 23.0 Å². The molecule has 2 aromatic rings. The molecule has 0 spiro atoms. The number of benzene rings is 2. The Kier molecular flexibility index (Phi) is 6.69. The molecule has 3 rings (SSSR count). The molecule has 3 nitrogen and oxygen atoms in total. The van der Waals surface area contributed by atoms with E-state index >= 15 is 0 Å². The maximum absolute atomic E-state index is 13.2. The standard InChI is InChI=1S/C26H34F3NO2/c1-24(2,3)20-15-18(16-21(23(20)31)25(4,5)6)22(30-11-13-32-14-12-30)17-7-9-19(10-8-17)26(27,28)29/h7-10,15-16,22,31H,11-14H2,1-6H3/t22-/m0/s1. The zero-order chi connectivity index (χ0) is 23.9. The van der Waals surface area contributed by atoms with E-state index < -0.39 is 11.7 Å². The Morgan fingerprint density at radius 2 is 1.28 bits per heavy atom. The summed E-state index contributed by atoms with van der Waals surface area (Å²) in [6, 6.07) is 9.25. The number of halogens is 3. The van der Waals surface area contributed by atoms with Crippen LogP contribution in [-0.2, 0) is 21.7 Å². The Hall–Kier alpha value is -2.05. The summed E-state index contributed by atoms with van der Waals surface area (Å²) in [7, 11) is 0. The number of alkyl halides is 3. The highest BCUT2D eigenvalue weighted by molar-refractivity contribution is 5.52. The van der Waals surface area contributed by atoms with E-state index in [1.807, 2.05) is 12.1 Å². The lowest BCUT2D eigenvalue weighted by Gasteiger charge is -2.37. The van der Waals surface area contributed by atoms with Gasteiger partial charge in [-0.15, -0.1) is 0 Å². The summed E-state index contributed by atoms with van der Waals surface area (Å²) in [5.41, 5.74) is 2.20. The normalized spacial score (nSPS) is 17.4. The fraction of sp³-hybridized carbons (Fsp3) is 0.538. The van der Waals surface area contributed by atoms with E-state index in [1.165, 1.54) is 0 Å². The van der Waals surface area contributed by atoms with Crippen LogP contribution < -0.4 is 0 Å². The second-order valence-electron chi connectivity index (χ2n) is 10.6. The van der Waals surface area contributed by atoms with Gasteiger partial charge >= 0.3 is 6.18 Å². The molecule has 1 aliphatic heterocycles. The van der Waals surface area contributed by atoms with Gasteiger partial charge in [0.25, 0.3) is 0 Å². The lowest BCUT2D eigenvalue weighted by Crippen LogP contribution is -2.39. The second kappa shape index (κ2) is 8.71. The molecule has 0 amide bonds. The summed E-state index contributed by atoms with van der Waals surface area (Å²) < 4.78 is 45.0. The predicted octanol–water partition coefficient (Wildman–Crippen LogP) is 6.43. The van der Waals surface area contributed by atoms with E-state index in [9.17, 15) is 18.3 Å². The summed E-state index contributed by atoms with van der Waals surface area (Å²) in [4.78, 5) is 2.25. The van der Waals surface area contributed by atoms with Crippen LogP contribution in [0.4, 0.5) is 13.2 Å². The zero-order valence-corrected chi connectivity index (χ0v) is 19.8. The quantitative estimate of drug-likeness (QED) is 0.586. The Labute approximate surface area is 189 Å². The molecule has 1 atom stereocenters. The molecule has 32 heavy (non-hydrogen) atoms. The molecule has 0 bridgehead atoms. The minimum absolute atomic E-state index is 0.232. The first-order valence-corrected chi connectivity index (χ1v) is 11.1. The molecule has 0 aliphatic carbocycles. The first-order valence-electron chi connectivity index (χ1n) is 11.1. The average Bonchev–Trinajstić information content (AvgIpc) is 2.68.